The molecule has 28 heavy (non-hydrogen) atoms. The number of rotatable bonds is 8. The maximum Gasteiger partial charge on any atom is 0.223 e. The molecule has 1 amide bonds. The van der Waals surface area contributed by atoms with E-state index in [2.05, 4.69) is 0 Å². The molecule has 1 aliphatic rings. The highest BCUT2D eigenvalue weighted by Crippen LogP contribution is 2.39. The topological polar surface area (TPSA) is 79.7 Å². The van der Waals surface area contributed by atoms with Crippen molar-refractivity contribution >= 4 is 18.3 Å². The summed E-state index contributed by atoms with van der Waals surface area (Å²) >= 11 is 0. The summed E-state index contributed by atoms with van der Waals surface area (Å²) in [6.07, 6.45) is 6.66. The lowest BCUT2D eigenvalue weighted by molar-refractivity contribution is -0.136. The zero-order valence-corrected chi connectivity index (χ0v) is 17.1. The molecule has 1 aromatic carbocycles. The van der Waals surface area contributed by atoms with Crippen molar-refractivity contribution in [2.24, 2.45) is 11.1 Å². The average molecular weight is 407 g/mol. The normalized spacial score (nSPS) is 16.8. The van der Waals surface area contributed by atoms with Crippen LogP contribution in [0.4, 0.5) is 0 Å². The number of nitrogens with two attached hydrogens (primary N) is 1. The van der Waals surface area contributed by atoms with E-state index in [1.165, 1.54) is 12.7 Å². The van der Waals surface area contributed by atoms with Crippen LogP contribution in [0.5, 0.6) is 0 Å². The molecule has 3 N–H and O–H groups in total. The first-order chi connectivity index (χ1) is 13.1. The summed E-state index contributed by atoms with van der Waals surface area (Å²) in [4.78, 5) is 15.0. The van der Waals surface area contributed by atoms with Crippen LogP contribution < -0.4 is 5.73 Å². The third-order valence-electron chi connectivity index (χ3n) is 5.71. The Labute approximate surface area is 173 Å². The predicted octanol–water partition coefficient (Wildman–Crippen LogP) is 4.06. The molecule has 1 atom stereocenters. The Morgan fingerprint density at radius 2 is 1.86 bits per heavy atom. The van der Waals surface area contributed by atoms with Gasteiger partial charge in [-0.3, -0.25) is 4.79 Å². The first-order valence-electron chi connectivity index (χ1n) is 9.85. The van der Waals surface area contributed by atoms with Gasteiger partial charge in [0.05, 0.1) is 12.8 Å². The van der Waals surface area contributed by atoms with Gasteiger partial charge in [-0.05, 0) is 42.5 Å². The quantitative estimate of drug-likeness (QED) is 0.692. The molecule has 0 bridgehead atoms. The lowest BCUT2D eigenvalue weighted by Crippen LogP contribution is -2.41. The van der Waals surface area contributed by atoms with Crippen molar-refractivity contribution in [3.05, 3.63) is 60.1 Å². The zero-order valence-electron chi connectivity index (χ0n) is 16.3. The fourth-order valence-corrected chi connectivity index (χ4v) is 4.03. The Bertz CT molecular complexity index is 700. The van der Waals surface area contributed by atoms with E-state index in [9.17, 15) is 9.90 Å². The first kappa shape index (κ1) is 22.5. The zero-order chi connectivity index (χ0) is 19.1. The van der Waals surface area contributed by atoms with Gasteiger partial charge < -0.3 is 20.2 Å². The second-order valence-corrected chi connectivity index (χ2v) is 7.73. The standard InChI is InChI=1S/C22H30N2O3.ClH/c23-17-22(11-5-2-6-12-22)14-21(26)24(15-18-8-3-1-4-9-18)16-19(25)20-10-7-13-27-20;/h1,3-4,7-10,13,19,25H,2,5-6,11-12,14-17,23H2;1H. The molecule has 0 saturated heterocycles. The van der Waals surface area contributed by atoms with E-state index in [4.69, 9.17) is 10.2 Å². The first-order valence-corrected chi connectivity index (χ1v) is 9.85. The number of benzene rings is 1. The molecule has 1 saturated carbocycles. The van der Waals surface area contributed by atoms with Crippen LogP contribution in [-0.2, 0) is 11.3 Å². The summed E-state index contributed by atoms with van der Waals surface area (Å²) in [5.41, 5.74) is 7.03. The van der Waals surface area contributed by atoms with Gasteiger partial charge in [0.25, 0.3) is 0 Å². The van der Waals surface area contributed by atoms with E-state index < -0.39 is 6.10 Å². The number of halogens is 1. The molecule has 3 rings (SSSR count). The summed E-state index contributed by atoms with van der Waals surface area (Å²) in [6.45, 7) is 1.22. The highest BCUT2D eigenvalue weighted by molar-refractivity contribution is 5.85. The summed E-state index contributed by atoms with van der Waals surface area (Å²) in [5.74, 6) is 0.531. The smallest absolute Gasteiger partial charge is 0.223 e. The molecular weight excluding hydrogens is 376 g/mol. The minimum absolute atomic E-state index is 0. The lowest BCUT2D eigenvalue weighted by Gasteiger charge is -2.37. The molecule has 0 aliphatic heterocycles. The minimum atomic E-state index is -0.840. The second-order valence-electron chi connectivity index (χ2n) is 7.73. The fraction of sp³-hybridized carbons (Fsp3) is 0.500. The van der Waals surface area contributed by atoms with E-state index in [-0.39, 0.29) is 30.3 Å². The summed E-state index contributed by atoms with van der Waals surface area (Å²) in [6, 6.07) is 13.4. The van der Waals surface area contributed by atoms with Gasteiger partial charge in [-0.2, -0.15) is 0 Å². The highest BCUT2D eigenvalue weighted by atomic mass is 35.5. The van der Waals surface area contributed by atoms with Gasteiger partial charge in [0.15, 0.2) is 0 Å². The monoisotopic (exact) mass is 406 g/mol. The van der Waals surface area contributed by atoms with Crippen LogP contribution >= 0.6 is 12.4 Å². The van der Waals surface area contributed by atoms with E-state index in [0.29, 0.717) is 25.3 Å². The Kier molecular flexibility index (Phi) is 8.55. The van der Waals surface area contributed by atoms with Crippen LogP contribution in [0.3, 0.4) is 0 Å². The number of aliphatic hydroxyl groups is 1. The van der Waals surface area contributed by atoms with E-state index in [1.54, 1.807) is 17.0 Å². The minimum Gasteiger partial charge on any atom is -0.467 e. The Balaban J connectivity index is 0.00000280. The largest absolute Gasteiger partial charge is 0.467 e. The summed E-state index contributed by atoms with van der Waals surface area (Å²) in [7, 11) is 0. The molecule has 1 unspecified atom stereocenters. The number of hydrogen-bond donors (Lipinski definition) is 2. The molecule has 154 valence electrons. The maximum absolute atomic E-state index is 13.2. The van der Waals surface area contributed by atoms with Crippen molar-refractivity contribution in [2.75, 3.05) is 13.1 Å². The molecule has 0 spiro atoms. The van der Waals surface area contributed by atoms with Crippen LogP contribution in [0, 0.1) is 5.41 Å². The van der Waals surface area contributed by atoms with Crippen LogP contribution in [-0.4, -0.2) is 29.0 Å². The summed E-state index contributed by atoms with van der Waals surface area (Å²) < 4.78 is 5.31. The number of aliphatic hydroxyl groups excluding tert-OH is 1. The Morgan fingerprint density at radius 3 is 2.46 bits per heavy atom. The molecule has 1 fully saturated rings. The number of furan rings is 1. The van der Waals surface area contributed by atoms with Gasteiger partial charge in [0, 0.05) is 13.0 Å². The number of nitrogens with zero attached hydrogens (tertiary/aromatic N) is 1. The van der Waals surface area contributed by atoms with Crippen LogP contribution in [0.15, 0.2) is 53.1 Å². The van der Waals surface area contributed by atoms with Gasteiger partial charge in [-0.1, -0.05) is 49.6 Å². The molecular formula is C22H31ClN2O3. The average Bonchev–Trinajstić information content (AvgIpc) is 3.24. The van der Waals surface area contributed by atoms with Crippen LogP contribution in [0.25, 0.3) is 0 Å². The van der Waals surface area contributed by atoms with Gasteiger partial charge in [-0.15, -0.1) is 12.4 Å². The molecule has 0 radical (unpaired) electrons. The molecule has 6 heteroatoms. The van der Waals surface area contributed by atoms with Gasteiger partial charge in [0.2, 0.25) is 5.91 Å². The SMILES string of the molecule is Cl.NCC1(CC(=O)N(Cc2ccccc2)CC(O)c2ccco2)CCCCC1. The lowest BCUT2D eigenvalue weighted by atomic mass is 9.71. The number of carbonyl (C=O) groups is 1. The summed E-state index contributed by atoms with van der Waals surface area (Å²) in [5, 5.41) is 10.5. The van der Waals surface area contributed by atoms with E-state index in [0.717, 1.165) is 31.2 Å². The maximum atomic E-state index is 13.2. The van der Waals surface area contributed by atoms with Gasteiger partial charge in [0.1, 0.15) is 11.9 Å². The second kappa shape index (κ2) is 10.6. The van der Waals surface area contributed by atoms with Crippen molar-refractivity contribution in [1.82, 2.24) is 4.90 Å². The van der Waals surface area contributed by atoms with Crippen LogP contribution in [0.1, 0.15) is 56.0 Å². The molecule has 1 heterocycles. The highest BCUT2D eigenvalue weighted by Gasteiger charge is 2.35. The van der Waals surface area contributed by atoms with E-state index >= 15 is 0 Å². The van der Waals surface area contributed by atoms with Crippen molar-refractivity contribution in [3.8, 4) is 0 Å². The third-order valence-corrected chi connectivity index (χ3v) is 5.71. The van der Waals surface area contributed by atoms with Gasteiger partial charge >= 0.3 is 0 Å². The van der Waals surface area contributed by atoms with Crippen molar-refractivity contribution < 1.29 is 14.3 Å². The van der Waals surface area contributed by atoms with Crippen molar-refractivity contribution in [1.29, 1.82) is 0 Å². The number of hydrogen-bond acceptors (Lipinski definition) is 4. The molecule has 1 aliphatic carbocycles. The van der Waals surface area contributed by atoms with Crippen molar-refractivity contribution in [2.45, 2.75) is 51.2 Å². The predicted molar refractivity (Wildman–Crippen MR) is 112 cm³/mol. The molecule has 2 aromatic rings. The van der Waals surface area contributed by atoms with E-state index in [1.807, 2.05) is 30.3 Å². The van der Waals surface area contributed by atoms with Crippen molar-refractivity contribution in [3.63, 3.8) is 0 Å². The molecule has 5 nitrogen and oxygen atoms in total. The third kappa shape index (κ3) is 5.84. The van der Waals surface area contributed by atoms with Gasteiger partial charge in [-0.25, -0.2) is 0 Å². The Hall–Kier alpha value is -1.82. The Morgan fingerprint density at radius 1 is 1.14 bits per heavy atom. The number of amides is 1. The fourth-order valence-electron chi connectivity index (χ4n) is 4.03. The number of carbonyl (C=O) groups excluding carboxylic acids is 1. The molecule has 1 aromatic heterocycles. The van der Waals surface area contributed by atoms with Crippen LogP contribution in [0.2, 0.25) is 0 Å².